The number of benzene rings is 2. The molecule has 2 aliphatic rings. The Morgan fingerprint density at radius 1 is 0.958 bits per heavy atom. The lowest BCUT2D eigenvalue weighted by atomic mass is 10.0. The van der Waals surface area contributed by atoms with E-state index in [4.69, 9.17) is 0 Å². The second-order valence-electron chi connectivity index (χ2n) is 6.16. The standard InChI is InChI=1S/C19H17NO2S2/c21-18-17(24-19(22)20-18)10-13-6-7-16-14(8-13)11-15(23-16)9-12-4-2-1-3-5-12/h1-8,15,17H,9-11H2,(H,20,21,22). The van der Waals surface area contributed by atoms with Crippen LogP contribution in [-0.2, 0) is 24.1 Å². The molecule has 0 bridgehead atoms. The highest BCUT2D eigenvalue weighted by Gasteiger charge is 2.32. The SMILES string of the molecule is O=C1NC(=O)C(Cc2ccc3c(c2)CC(Cc2ccccc2)S3)S1. The van der Waals surface area contributed by atoms with Crippen LogP contribution in [0.3, 0.4) is 0 Å². The van der Waals surface area contributed by atoms with E-state index in [0.29, 0.717) is 11.7 Å². The number of fused-ring (bicyclic) bond motifs is 1. The molecule has 2 aliphatic heterocycles. The molecule has 1 fully saturated rings. The molecule has 2 aromatic carbocycles. The normalized spacial score (nSPS) is 22.5. The van der Waals surface area contributed by atoms with E-state index in [-0.39, 0.29) is 16.4 Å². The van der Waals surface area contributed by atoms with Crippen LogP contribution < -0.4 is 5.32 Å². The summed E-state index contributed by atoms with van der Waals surface area (Å²) in [7, 11) is 0. The molecule has 1 N–H and O–H groups in total. The second-order valence-corrected chi connectivity index (χ2v) is 8.68. The molecule has 4 rings (SSSR count). The number of imide groups is 1. The second kappa shape index (κ2) is 6.65. The number of amides is 2. The summed E-state index contributed by atoms with van der Waals surface area (Å²) in [5.41, 5.74) is 3.88. The summed E-state index contributed by atoms with van der Waals surface area (Å²) < 4.78 is 0. The first kappa shape index (κ1) is 15.8. The van der Waals surface area contributed by atoms with Crippen molar-refractivity contribution in [2.45, 2.75) is 34.7 Å². The predicted octanol–water partition coefficient (Wildman–Crippen LogP) is 3.84. The summed E-state index contributed by atoms with van der Waals surface area (Å²) in [5, 5.41) is 2.41. The van der Waals surface area contributed by atoms with Gasteiger partial charge in [-0.15, -0.1) is 11.8 Å². The molecule has 0 spiro atoms. The van der Waals surface area contributed by atoms with E-state index < -0.39 is 0 Å². The van der Waals surface area contributed by atoms with Crippen molar-refractivity contribution in [2.24, 2.45) is 0 Å². The Hall–Kier alpha value is -1.72. The van der Waals surface area contributed by atoms with E-state index in [0.717, 1.165) is 30.2 Å². The van der Waals surface area contributed by atoms with Gasteiger partial charge in [0.05, 0.1) is 5.25 Å². The maximum absolute atomic E-state index is 11.7. The Kier molecular flexibility index (Phi) is 4.37. The first-order valence-electron chi connectivity index (χ1n) is 8.01. The summed E-state index contributed by atoms with van der Waals surface area (Å²) in [6.07, 6.45) is 2.75. The average Bonchev–Trinajstić information content (AvgIpc) is 3.10. The minimum atomic E-state index is -0.287. The molecule has 0 radical (unpaired) electrons. The highest BCUT2D eigenvalue weighted by molar-refractivity contribution is 8.15. The minimum absolute atomic E-state index is 0.165. The van der Waals surface area contributed by atoms with Crippen LogP contribution in [0.25, 0.3) is 0 Å². The van der Waals surface area contributed by atoms with Gasteiger partial charge in [0.15, 0.2) is 0 Å². The quantitative estimate of drug-likeness (QED) is 0.905. The van der Waals surface area contributed by atoms with E-state index in [2.05, 4.69) is 47.8 Å². The number of rotatable bonds is 4. The fourth-order valence-corrected chi connectivity index (χ4v) is 5.43. The molecule has 3 nitrogen and oxygen atoms in total. The Balaban J connectivity index is 1.43. The third-order valence-corrected chi connectivity index (χ3v) is 6.66. The number of carbonyl (C=O) groups is 2. The van der Waals surface area contributed by atoms with Crippen LogP contribution in [0.1, 0.15) is 16.7 Å². The first-order valence-corrected chi connectivity index (χ1v) is 9.77. The maximum atomic E-state index is 11.7. The number of hydrogen-bond acceptors (Lipinski definition) is 4. The van der Waals surface area contributed by atoms with Crippen LogP contribution in [0, 0.1) is 0 Å². The fourth-order valence-electron chi connectivity index (χ4n) is 3.23. The summed E-state index contributed by atoms with van der Waals surface area (Å²) in [6.45, 7) is 0. The summed E-state index contributed by atoms with van der Waals surface area (Å²) in [5.74, 6) is -0.165. The molecule has 2 amide bonds. The van der Waals surface area contributed by atoms with Gasteiger partial charge in [0.25, 0.3) is 5.24 Å². The van der Waals surface area contributed by atoms with Gasteiger partial charge in [-0.2, -0.15) is 0 Å². The van der Waals surface area contributed by atoms with E-state index in [1.165, 1.54) is 16.0 Å². The zero-order valence-corrected chi connectivity index (χ0v) is 14.7. The highest BCUT2D eigenvalue weighted by Crippen LogP contribution is 2.39. The van der Waals surface area contributed by atoms with E-state index >= 15 is 0 Å². The molecule has 2 unspecified atom stereocenters. The largest absolute Gasteiger partial charge is 0.286 e. The lowest BCUT2D eigenvalue weighted by molar-refractivity contribution is -0.118. The molecular weight excluding hydrogens is 338 g/mol. The van der Waals surface area contributed by atoms with E-state index in [9.17, 15) is 9.59 Å². The summed E-state index contributed by atoms with van der Waals surface area (Å²) in [4.78, 5) is 24.4. The van der Waals surface area contributed by atoms with Crippen molar-refractivity contribution in [3.63, 3.8) is 0 Å². The zero-order valence-electron chi connectivity index (χ0n) is 13.0. The molecular formula is C19H17NO2S2. The number of nitrogens with one attached hydrogen (secondary N) is 1. The van der Waals surface area contributed by atoms with Crippen LogP contribution >= 0.6 is 23.5 Å². The minimum Gasteiger partial charge on any atom is -0.286 e. The topological polar surface area (TPSA) is 46.2 Å². The van der Waals surface area contributed by atoms with Crippen LogP contribution in [0.4, 0.5) is 4.79 Å². The Bertz CT molecular complexity index is 791. The molecule has 2 aromatic rings. The van der Waals surface area contributed by atoms with Gasteiger partial charge in [-0.25, -0.2) is 0 Å². The zero-order chi connectivity index (χ0) is 16.5. The monoisotopic (exact) mass is 355 g/mol. The van der Waals surface area contributed by atoms with Crippen molar-refractivity contribution in [1.29, 1.82) is 0 Å². The Morgan fingerprint density at radius 3 is 2.54 bits per heavy atom. The number of hydrogen-bond donors (Lipinski definition) is 1. The molecule has 0 saturated carbocycles. The number of carbonyl (C=O) groups excluding carboxylic acids is 2. The maximum Gasteiger partial charge on any atom is 0.286 e. The van der Waals surface area contributed by atoms with E-state index in [1.54, 1.807) is 0 Å². The predicted molar refractivity (Wildman–Crippen MR) is 98.6 cm³/mol. The van der Waals surface area contributed by atoms with Crippen molar-refractivity contribution >= 4 is 34.7 Å². The summed E-state index contributed by atoms with van der Waals surface area (Å²) in [6, 6.07) is 17.1. The fraction of sp³-hybridized carbons (Fsp3) is 0.263. The Labute approximate surface area is 149 Å². The number of thioether (sulfide) groups is 2. The van der Waals surface area contributed by atoms with Gasteiger partial charge >= 0.3 is 0 Å². The molecule has 5 heteroatoms. The van der Waals surface area contributed by atoms with Gasteiger partial charge in [-0.1, -0.05) is 54.2 Å². The average molecular weight is 355 g/mol. The van der Waals surface area contributed by atoms with Gasteiger partial charge < -0.3 is 0 Å². The van der Waals surface area contributed by atoms with Crippen LogP contribution in [-0.4, -0.2) is 21.6 Å². The molecule has 0 aliphatic carbocycles. The lowest BCUT2D eigenvalue weighted by Gasteiger charge is -2.07. The van der Waals surface area contributed by atoms with Crippen LogP contribution in [0.2, 0.25) is 0 Å². The van der Waals surface area contributed by atoms with Crippen LogP contribution in [0.15, 0.2) is 53.4 Å². The van der Waals surface area contributed by atoms with Crippen molar-refractivity contribution in [2.75, 3.05) is 0 Å². The van der Waals surface area contributed by atoms with Gasteiger partial charge in [-0.3, -0.25) is 14.9 Å². The molecule has 24 heavy (non-hydrogen) atoms. The summed E-state index contributed by atoms with van der Waals surface area (Å²) >= 11 is 3.04. The van der Waals surface area contributed by atoms with Gasteiger partial charge in [0.1, 0.15) is 0 Å². The smallest absolute Gasteiger partial charge is 0.286 e. The molecule has 2 heterocycles. The molecule has 2 atom stereocenters. The molecule has 1 saturated heterocycles. The highest BCUT2D eigenvalue weighted by atomic mass is 32.2. The lowest BCUT2D eigenvalue weighted by Crippen LogP contribution is -2.25. The van der Waals surface area contributed by atoms with Crippen molar-refractivity contribution < 1.29 is 9.59 Å². The first-order chi connectivity index (χ1) is 11.7. The van der Waals surface area contributed by atoms with Crippen molar-refractivity contribution in [1.82, 2.24) is 5.32 Å². The van der Waals surface area contributed by atoms with Gasteiger partial charge in [0.2, 0.25) is 5.91 Å². The Morgan fingerprint density at radius 2 is 1.79 bits per heavy atom. The van der Waals surface area contributed by atoms with Crippen LogP contribution in [0.5, 0.6) is 0 Å². The molecule has 0 aromatic heterocycles. The third kappa shape index (κ3) is 3.37. The van der Waals surface area contributed by atoms with Crippen molar-refractivity contribution in [3.8, 4) is 0 Å². The van der Waals surface area contributed by atoms with Gasteiger partial charge in [0, 0.05) is 10.1 Å². The van der Waals surface area contributed by atoms with Crippen molar-refractivity contribution in [3.05, 3.63) is 65.2 Å². The van der Waals surface area contributed by atoms with Gasteiger partial charge in [-0.05, 0) is 42.0 Å². The van der Waals surface area contributed by atoms with E-state index in [1.807, 2.05) is 17.8 Å². The molecule has 122 valence electrons. The third-order valence-electron chi connectivity index (χ3n) is 4.36.